The van der Waals surface area contributed by atoms with Crippen LogP contribution in [0, 0.1) is 0 Å². The third-order valence-electron chi connectivity index (χ3n) is 2.21. The third kappa shape index (κ3) is 3.82. The van der Waals surface area contributed by atoms with E-state index < -0.39 is 0 Å². The van der Waals surface area contributed by atoms with Crippen LogP contribution in [0.3, 0.4) is 0 Å². The van der Waals surface area contributed by atoms with Crippen LogP contribution in [-0.4, -0.2) is 16.6 Å². The Kier molecular flexibility index (Phi) is 4.57. The molecular weight excluding hydrogens is 310 g/mol. The van der Waals surface area contributed by atoms with Crippen molar-refractivity contribution < 1.29 is 9.47 Å². The van der Waals surface area contributed by atoms with Crippen LogP contribution in [0.15, 0.2) is 35.1 Å². The van der Waals surface area contributed by atoms with Crippen molar-refractivity contribution in [1.29, 1.82) is 0 Å². The van der Waals surface area contributed by atoms with E-state index in [-0.39, 0.29) is 0 Å². The van der Waals surface area contributed by atoms with E-state index in [0.29, 0.717) is 29.8 Å². The molecule has 19 heavy (non-hydrogen) atoms. The maximum Gasteiger partial charge on any atom is 0.240 e. The second-order valence-electron chi connectivity index (χ2n) is 3.83. The van der Waals surface area contributed by atoms with E-state index in [1.54, 1.807) is 30.6 Å². The molecule has 100 valence electrons. The number of aromatic nitrogens is 2. The molecule has 5 nitrogen and oxygen atoms in total. The standard InChI is InChI=1S/C13H14BrN3O2/c1-2-5-18-13-11(15)3-4-12(17-13)19-10-6-9(14)7-16-8-10/h3-4,6-8H,2,5,15H2,1H3. The molecule has 0 aliphatic carbocycles. The summed E-state index contributed by atoms with van der Waals surface area (Å²) in [6, 6.07) is 5.20. The summed E-state index contributed by atoms with van der Waals surface area (Å²) >= 11 is 3.33. The summed E-state index contributed by atoms with van der Waals surface area (Å²) in [5.41, 5.74) is 6.28. The lowest BCUT2D eigenvalue weighted by Crippen LogP contribution is -2.02. The average molecular weight is 324 g/mol. The third-order valence-corrected chi connectivity index (χ3v) is 2.64. The highest BCUT2D eigenvalue weighted by Gasteiger charge is 2.06. The number of ether oxygens (including phenoxy) is 2. The first-order valence-corrected chi connectivity index (χ1v) is 6.66. The molecule has 0 aliphatic heterocycles. The number of anilines is 1. The highest BCUT2D eigenvalue weighted by molar-refractivity contribution is 9.10. The number of hydrogen-bond acceptors (Lipinski definition) is 5. The quantitative estimate of drug-likeness (QED) is 0.913. The van der Waals surface area contributed by atoms with Crippen LogP contribution in [0.2, 0.25) is 0 Å². The van der Waals surface area contributed by atoms with Crippen LogP contribution in [0.25, 0.3) is 0 Å². The number of halogens is 1. The van der Waals surface area contributed by atoms with Gasteiger partial charge < -0.3 is 15.2 Å². The number of nitrogens with zero attached hydrogens (tertiary/aromatic N) is 2. The Morgan fingerprint density at radius 1 is 1.32 bits per heavy atom. The zero-order valence-corrected chi connectivity index (χ0v) is 12.1. The predicted molar refractivity (Wildman–Crippen MR) is 76.4 cm³/mol. The fourth-order valence-electron chi connectivity index (χ4n) is 1.37. The first kappa shape index (κ1) is 13.6. The molecule has 0 amide bonds. The summed E-state index contributed by atoms with van der Waals surface area (Å²) in [4.78, 5) is 8.24. The fraction of sp³-hybridized carbons (Fsp3) is 0.231. The Labute approximate surface area is 119 Å². The molecule has 0 unspecified atom stereocenters. The molecule has 2 rings (SSSR count). The van der Waals surface area contributed by atoms with Gasteiger partial charge in [0.2, 0.25) is 11.8 Å². The van der Waals surface area contributed by atoms with Gasteiger partial charge in [0.15, 0.2) is 0 Å². The van der Waals surface area contributed by atoms with E-state index in [9.17, 15) is 0 Å². The second kappa shape index (κ2) is 6.38. The molecule has 0 aromatic carbocycles. The lowest BCUT2D eigenvalue weighted by molar-refractivity contribution is 0.302. The minimum atomic E-state index is 0.391. The van der Waals surface area contributed by atoms with Gasteiger partial charge in [-0.3, -0.25) is 4.98 Å². The summed E-state index contributed by atoms with van der Waals surface area (Å²) in [6.45, 7) is 2.59. The van der Waals surface area contributed by atoms with Gasteiger partial charge in [0.05, 0.1) is 18.5 Å². The minimum Gasteiger partial charge on any atom is -0.476 e. The lowest BCUT2D eigenvalue weighted by atomic mass is 10.4. The van der Waals surface area contributed by atoms with Gasteiger partial charge in [-0.2, -0.15) is 4.98 Å². The van der Waals surface area contributed by atoms with E-state index >= 15 is 0 Å². The molecule has 0 atom stereocenters. The summed E-state index contributed by atoms with van der Waals surface area (Å²) < 4.78 is 11.9. The van der Waals surface area contributed by atoms with Gasteiger partial charge in [0, 0.05) is 16.7 Å². The molecule has 0 fully saturated rings. The van der Waals surface area contributed by atoms with Crippen molar-refractivity contribution >= 4 is 21.6 Å². The number of hydrogen-bond donors (Lipinski definition) is 1. The van der Waals surface area contributed by atoms with Crippen molar-refractivity contribution in [3.8, 4) is 17.5 Å². The van der Waals surface area contributed by atoms with Crippen LogP contribution < -0.4 is 15.2 Å². The van der Waals surface area contributed by atoms with Gasteiger partial charge in [-0.15, -0.1) is 0 Å². The topological polar surface area (TPSA) is 70.3 Å². The summed E-state index contributed by atoms with van der Waals surface area (Å²) in [5, 5.41) is 0. The van der Waals surface area contributed by atoms with Crippen LogP contribution >= 0.6 is 15.9 Å². The average Bonchev–Trinajstić information content (AvgIpc) is 2.39. The van der Waals surface area contributed by atoms with Crippen molar-refractivity contribution in [2.45, 2.75) is 13.3 Å². The lowest BCUT2D eigenvalue weighted by Gasteiger charge is -2.09. The first-order chi connectivity index (χ1) is 9.19. The first-order valence-electron chi connectivity index (χ1n) is 5.86. The molecule has 2 heterocycles. The van der Waals surface area contributed by atoms with Crippen LogP contribution in [0.5, 0.6) is 17.5 Å². The molecule has 0 radical (unpaired) electrons. The molecule has 0 aliphatic rings. The zero-order valence-electron chi connectivity index (χ0n) is 10.5. The van der Waals surface area contributed by atoms with E-state index in [2.05, 4.69) is 25.9 Å². The summed E-state index contributed by atoms with van der Waals surface area (Å²) in [6.07, 6.45) is 4.18. The van der Waals surface area contributed by atoms with Gasteiger partial charge in [0.1, 0.15) is 5.75 Å². The summed E-state index contributed by atoms with van der Waals surface area (Å²) in [5.74, 6) is 1.40. The van der Waals surface area contributed by atoms with Gasteiger partial charge in [-0.25, -0.2) is 0 Å². The maximum absolute atomic E-state index is 5.78. The molecule has 6 heteroatoms. The van der Waals surface area contributed by atoms with Crippen molar-refractivity contribution in [1.82, 2.24) is 9.97 Å². The van der Waals surface area contributed by atoms with Gasteiger partial charge in [-0.05, 0) is 34.5 Å². The predicted octanol–water partition coefficient (Wildman–Crippen LogP) is 3.40. The Morgan fingerprint density at radius 2 is 2.16 bits per heavy atom. The number of nitrogen functional groups attached to an aromatic ring is 1. The van der Waals surface area contributed by atoms with Crippen molar-refractivity contribution in [3.63, 3.8) is 0 Å². The van der Waals surface area contributed by atoms with Gasteiger partial charge in [-0.1, -0.05) is 6.92 Å². The number of pyridine rings is 2. The molecule has 0 bridgehead atoms. The van der Waals surface area contributed by atoms with Crippen LogP contribution in [0.1, 0.15) is 13.3 Å². The van der Waals surface area contributed by atoms with Gasteiger partial charge >= 0.3 is 0 Å². The van der Waals surface area contributed by atoms with Crippen molar-refractivity contribution in [2.24, 2.45) is 0 Å². The normalized spacial score (nSPS) is 10.2. The molecule has 2 aromatic heterocycles. The zero-order chi connectivity index (χ0) is 13.7. The van der Waals surface area contributed by atoms with Crippen LogP contribution in [0.4, 0.5) is 5.69 Å². The smallest absolute Gasteiger partial charge is 0.240 e. The SMILES string of the molecule is CCCOc1nc(Oc2cncc(Br)c2)ccc1N. The Bertz CT molecular complexity index is 563. The highest BCUT2D eigenvalue weighted by atomic mass is 79.9. The van der Waals surface area contributed by atoms with E-state index in [1.807, 2.05) is 6.92 Å². The molecule has 0 saturated carbocycles. The molecule has 2 aromatic rings. The molecular formula is C13H14BrN3O2. The summed E-state index contributed by atoms with van der Waals surface area (Å²) in [7, 11) is 0. The highest BCUT2D eigenvalue weighted by Crippen LogP contribution is 2.26. The maximum atomic E-state index is 5.78. The van der Waals surface area contributed by atoms with Crippen molar-refractivity contribution in [3.05, 3.63) is 35.1 Å². The minimum absolute atomic E-state index is 0.391. The molecule has 0 saturated heterocycles. The second-order valence-corrected chi connectivity index (χ2v) is 4.75. The monoisotopic (exact) mass is 323 g/mol. The molecule has 2 N–H and O–H groups in total. The fourth-order valence-corrected chi connectivity index (χ4v) is 1.72. The van der Waals surface area contributed by atoms with Crippen molar-refractivity contribution in [2.75, 3.05) is 12.3 Å². The van der Waals surface area contributed by atoms with Gasteiger partial charge in [0.25, 0.3) is 0 Å². The Balaban J connectivity index is 2.16. The number of rotatable bonds is 5. The van der Waals surface area contributed by atoms with E-state index in [1.165, 1.54) is 0 Å². The Morgan fingerprint density at radius 3 is 2.89 bits per heavy atom. The van der Waals surface area contributed by atoms with E-state index in [4.69, 9.17) is 15.2 Å². The molecule has 0 spiro atoms. The van der Waals surface area contributed by atoms with Crippen LogP contribution in [-0.2, 0) is 0 Å². The number of nitrogens with two attached hydrogens (primary N) is 1. The van der Waals surface area contributed by atoms with E-state index in [0.717, 1.165) is 10.9 Å². The Hall–Kier alpha value is -1.82. The largest absolute Gasteiger partial charge is 0.476 e.